The third-order valence-electron chi connectivity index (χ3n) is 3.65. The summed E-state index contributed by atoms with van der Waals surface area (Å²) in [5, 5.41) is 4.11. The summed E-state index contributed by atoms with van der Waals surface area (Å²) < 4.78 is 0.933. The number of nitrogens with zero attached hydrogens (tertiary/aromatic N) is 2. The fourth-order valence-electron chi connectivity index (χ4n) is 2.17. The second kappa shape index (κ2) is 7.96. The molecule has 0 saturated carbocycles. The molecule has 3 rings (SSSR count). The van der Waals surface area contributed by atoms with Crippen LogP contribution in [-0.4, -0.2) is 28.6 Å². The third kappa shape index (κ3) is 4.26. The van der Waals surface area contributed by atoms with Gasteiger partial charge in [-0.2, -0.15) is 0 Å². The number of aryl methyl sites for hydroxylation is 1. The number of rotatable bonds is 6. The topological polar surface area (TPSA) is 33.2 Å². The van der Waals surface area contributed by atoms with E-state index in [0.29, 0.717) is 12.3 Å². The van der Waals surface area contributed by atoms with Crippen molar-refractivity contribution in [3.8, 4) is 11.3 Å². The number of amides is 1. The summed E-state index contributed by atoms with van der Waals surface area (Å²) in [6, 6.07) is 12.2. The number of thioether (sulfide) groups is 1. The van der Waals surface area contributed by atoms with Crippen LogP contribution in [0.4, 0.5) is 0 Å². The fourth-order valence-corrected chi connectivity index (χ4v) is 4.90. The smallest absolute Gasteiger partial charge is 0.233 e. The van der Waals surface area contributed by atoms with Crippen LogP contribution >= 0.6 is 34.4 Å². The van der Waals surface area contributed by atoms with E-state index in [1.165, 1.54) is 22.2 Å². The van der Waals surface area contributed by atoms with E-state index in [4.69, 9.17) is 0 Å². The Hall–Kier alpha value is -1.63. The van der Waals surface area contributed by atoms with Crippen LogP contribution in [0.1, 0.15) is 10.4 Å². The van der Waals surface area contributed by atoms with Gasteiger partial charge < -0.3 is 4.90 Å². The molecule has 1 amide bonds. The molecule has 0 aliphatic carbocycles. The Kier molecular flexibility index (Phi) is 5.71. The maximum Gasteiger partial charge on any atom is 0.233 e. The molecule has 124 valence electrons. The highest BCUT2D eigenvalue weighted by molar-refractivity contribution is 8.01. The van der Waals surface area contributed by atoms with Gasteiger partial charge in [-0.1, -0.05) is 42.1 Å². The van der Waals surface area contributed by atoms with E-state index >= 15 is 0 Å². The van der Waals surface area contributed by atoms with Crippen molar-refractivity contribution in [2.45, 2.75) is 17.8 Å². The van der Waals surface area contributed by atoms with Crippen molar-refractivity contribution in [1.82, 2.24) is 9.88 Å². The van der Waals surface area contributed by atoms with Gasteiger partial charge in [-0.05, 0) is 23.9 Å². The quantitative estimate of drug-likeness (QED) is 0.574. The third-order valence-corrected chi connectivity index (χ3v) is 6.66. The highest BCUT2D eigenvalue weighted by Crippen LogP contribution is 2.28. The zero-order valence-corrected chi connectivity index (χ0v) is 16.0. The zero-order valence-electron chi connectivity index (χ0n) is 13.6. The van der Waals surface area contributed by atoms with Crippen molar-refractivity contribution in [3.05, 3.63) is 57.6 Å². The van der Waals surface area contributed by atoms with Crippen molar-refractivity contribution >= 4 is 40.3 Å². The normalized spacial score (nSPS) is 10.8. The van der Waals surface area contributed by atoms with Gasteiger partial charge in [0, 0.05) is 22.9 Å². The van der Waals surface area contributed by atoms with Crippen LogP contribution in [0.3, 0.4) is 0 Å². The lowest BCUT2D eigenvalue weighted by atomic mass is 10.2. The molecule has 0 unspecified atom stereocenters. The van der Waals surface area contributed by atoms with E-state index in [-0.39, 0.29) is 5.91 Å². The first kappa shape index (κ1) is 17.2. The number of aromatic nitrogens is 1. The van der Waals surface area contributed by atoms with Gasteiger partial charge in [-0.3, -0.25) is 4.79 Å². The molecule has 0 saturated heterocycles. The lowest BCUT2D eigenvalue weighted by molar-refractivity contribution is -0.127. The van der Waals surface area contributed by atoms with Gasteiger partial charge in [-0.15, -0.1) is 22.7 Å². The molecule has 0 spiro atoms. The largest absolute Gasteiger partial charge is 0.340 e. The van der Waals surface area contributed by atoms with Gasteiger partial charge in [0.1, 0.15) is 0 Å². The Morgan fingerprint density at radius 1 is 1.21 bits per heavy atom. The Morgan fingerprint density at radius 3 is 2.71 bits per heavy atom. The number of hydrogen-bond acceptors (Lipinski definition) is 5. The molecule has 24 heavy (non-hydrogen) atoms. The van der Waals surface area contributed by atoms with Crippen molar-refractivity contribution < 1.29 is 4.79 Å². The molecule has 6 heteroatoms. The predicted octanol–water partition coefficient (Wildman–Crippen LogP) is 4.93. The van der Waals surface area contributed by atoms with Crippen LogP contribution in [0.25, 0.3) is 11.3 Å². The summed E-state index contributed by atoms with van der Waals surface area (Å²) in [7, 11) is 1.86. The van der Waals surface area contributed by atoms with E-state index in [1.807, 2.05) is 42.8 Å². The van der Waals surface area contributed by atoms with Crippen molar-refractivity contribution in [1.29, 1.82) is 0 Å². The summed E-state index contributed by atoms with van der Waals surface area (Å²) in [5.74, 6) is 0.548. The lowest BCUT2D eigenvalue weighted by Gasteiger charge is -2.16. The highest BCUT2D eigenvalue weighted by Gasteiger charge is 2.13. The van der Waals surface area contributed by atoms with E-state index in [0.717, 1.165) is 15.6 Å². The summed E-state index contributed by atoms with van der Waals surface area (Å²) in [5.41, 5.74) is 3.33. The van der Waals surface area contributed by atoms with Crippen LogP contribution in [0.5, 0.6) is 0 Å². The van der Waals surface area contributed by atoms with E-state index < -0.39 is 0 Å². The molecule has 0 radical (unpaired) electrons. The molecule has 1 aromatic carbocycles. The first-order valence-electron chi connectivity index (χ1n) is 7.54. The van der Waals surface area contributed by atoms with Crippen molar-refractivity contribution in [3.63, 3.8) is 0 Å². The summed E-state index contributed by atoms with van der Waals surface area (Å²) in [6.45, 7) is 2.76. The standard InChI is InChI=1S/C18H18N2OS3/c1-13-8-9-22-16(13)10-20(2)17(21)12-24-18-19-15(11-23-18)14-6-4-3-5-7-14/h3-9,11H,10,12H2,1-2H3. The Morgan fingerprint density at radius 2 is 2.00 bits per heavy atom. The van der Waals surface area contributed by atoms with Crippen LogP contribution in [0, 0.1) is 6.92 Å². The number of benzene rings is 1. The highest BCUT2D eigenvalue weighted by atomic mass is 32.2. The molecule has 0 aliphatic heterocycles. The Balaban J connectivity index is 1.55. The molecule has 2 heterocycles. The maximum absolute atomic E-state index is 12.3. The summed E-state index contributed by atoms with van der Waals surface area (Å²) in [6.07, 6.45) is 0. The second-order valence-electron chi connectivity index (χ2n) is 5.43. The van der Waals surface area contributed by atoms with Gasteiger partial charge in [0.2, 0.25) is 5.91 Å². The van der Waals surface area contributed by atoms with Gasteiger partial charge >= 0.3 is 0 Å². The lowest BCUT2D eigenvalue weighted by Crippen LogP contribution is -2.27. The second-order valence-corrected chi connectivity index (χ2v) is 8.51. The van der Waals surface area contributed by atoms with Gasteiger partial charge in [0.25, 0.3) is 0 Å². The number of carbonyl (C=O) groups is 1. The molecular weight excluding hydrogens is 356 g/mol. The monoisotopic (exact) mass is 374 g/mol. The molecule has 3 nitrogen and oxygen atoms in total. The Labute approximate surface area is 154 Å². The molecule has 0 aliphatic rings. The van der Waals surface area contributed by atoms with Crippen molar-refractivity contribution in [2.24, 2.45) is 0 Å². The number of thiazole rings is 1. The van der Waals surface area contributed by atoms with Crippen LogP contribution < -0.4 is 0 Å². The summed E-state index contributed by atoms with van der Waals surface area (Å²) in [4.78, 5) is 20.0. The minimum atomic E-state index is 0.129. The first-order valence-corrected chi connectivity index (χ1v) is 10.3. The van der Waals surface area contributed by atoms with Gasteiger partial charge in [0.05, 0.1) is 18.0 Å². The van der Waals surface area contributed by atoms with Crippen molar-refractivity contribution in [2.75, 3.05) is 12.8 Å². The number of hydrogen-bond donors (Lipinski definition) is 0. The number of carbonyl (C=O) groups excluding carboxylic acids is 1. The fraction of sp³-hybridized carbons (Fsp3) is 0.222. The molecule has 0 bridgehead atoms. The minimum absolute atomic E-state index is 0.129. The molecule has 2 aromatic heterocycles. The van der Waals surface area contributed by atoms with Crippen LogP contribution in [-0.2, 0) is 11.3 Å². The zero-order chi connectivity index (χ0) is 16.9. The Bertz CT molecular complexity index is 811. The van der Waals surface area contributed by atoms with E-state index in [1.54, 1.807) is 27.6 Å². The minimum Gasteiger partial charge on any atom is -0.340 e. The molecular formula is C18H18N2OS3. The molecule has 0 fully saturated rings. The van der Waals surface area contributed by atoms with Crippen LogP contribution in [0.15, 0.2) is 51.5 Å². The maximum atomic E-state index is 12.3. The predicted molar refractivity (Wildman–Crippen MR) is 104 cm³/mol. The molecule has 3 aromatic rings. The average Bonchev–Trinajstić information content (AvgIpc) is 3.23. The van der Waals surface area contributed by atoms with E-state index in [9.17, 15) is 4.79 Å². The van der Waals surface area contributed by atoms with E-state index in [2.05, 4.69) is 23.4 Å². The van der Waals surface area contributed by atoms with Gasteiger partial charge in [-0.25, -0.2) is 4.98 Å². The SMILES string of the molecule is Cc1ccsc1CN(C)C(=O)CSc1nc(-c2ccccc2)cs1. The number of thiophene rings is 1. The molecule has 0 atom stereocenters. The average molecular weight is 375 g/mol. The first-order chi connectivity index (χ1) is 11.6. The molecule has 0 N–H and O–H groups in total. The van der Waals surface area contributed by atoms with Crippen LogP contribution in [0.2, 0.25) is 0 Å². The van der Waals surface area contributed by atoms with Gasteiger partial charge in [0.15, 0.2) is 4.34 Å². The summed E-state index contributed by atoms with van der Waals surface area (Å²) >= 11 is 4.80.